The molecule has 23 heteroatoms. The van der Waals surface area contributed by atoms with Crippen LogP contribution >= 0.6 is 25.8 Å². The number of halogens is 1. The Morgan fingerprint density at radius 3 is 2.58 bits per heavy atom. The first-order chi connectivity index (χ1) is 21.6. The Bertz CT molecular complexity index is 2030. The minimum absolute atomic E-state index is 0.0902. The van der Waals surface area contributed by atoms with E-state index in [2.05, 4.69) is 42.2 Å². The van der Waals surface area contributed by atoms with Crippen LogP contribution in [0.25, 0.3) is 28.0 Å². The molecule has 0 radical (unpaired) electrons. The lowest BCUT2D eigenvalue weighted by molar-refractivity contribution is -0.0561. The van der Waals surface area contributed by atoms with Crippen LogP contribution in [0.2, 0.25) is 0 Å². The van der Waals surface area contributed by atoms with Gasteiger partial charge in [0, 0.05) is 18.8 Å². The number of alkyl halides is 1. The van der Waals surface area contributed by atoms with Crippen molar-refractivity contribution >= 4 is 71.4 Å². The highest BCUT2D eigenvalue weighted by atomic mass is 32.7. The van der Waals surface area contributed by atoms with E-state index in [1.165, 1.54) is 17.2 Å². The van der Waals surface area contributed by atoms with Gasteiger partial charge in [-0.3, -0.25) is 22.6 Å². The molecule has 8 rings (SSSR count). The highest BCUT2D eigenvalue weighted by Gasteiger charge is 2.52. The molecule has 0 aliphatic carbocycles. The molecule has 0 aromatic carbocycles. The van der Waals surface area contributed by atoms with E-state index in [0.717, 1.165) is 0 Å². The van der Waals surface area contributed by atoms with Crippen molar-refractivity contribution in [1.29, 1.82) is 0 Å². The summed E-state index contributed by atoms with van der Waals surface area (Å²) < 4.78 is 68.9. The summed E-state index contributed by atoms with van der Waals surface area (Å²) in [5.74, 6) is 0.0902. The predicted octanol–water partition coefficient (Wildman–Crippen LogP) is 2.10. The molecule has 8 heterocycles. The second-order valence-electron chi connectivity index (χ2n) is 10.4. The Balaban J connectivity index is 1.06. The first-order valence-electron chi connectivity index (χ1n) is 13.4. The fourth-order valence-corrected chi connectivity index (χ4v) is 8.60. The minimum Gasteiger partial charge on any atom is -0.382 e. The van der Waals surface area contributed by atoms with Crippen LogP contribution in [0, 0.1) is 0 Å². The van der Waals surface area contributed by atoms with Crippen molar-refractivity contribution in [3.05, 3.63) is 37.7 Å². The van der Waals surface area contributed by atoms with E-state index in [0.29, 0.717) is 16.8 Å². The van der Waals surface area contributed by atoms with Gasteiger partial charge < -0.3 is 29.1 Å². The zero-order chi connectivity index (χ0) is 31.1. The molecule has 3 saturated heterocycles. The molecule has 0 saturated carbocycles. The van der Waals surface area contributed by atoms with Gasteiger partial charge in [-0.1, -0.05) is 12.2 Å². The van der Waals surface area contributed by atoms with Crippen molar-refractivity contribution in [3.8, 4) is 0 Å². The van der Waals surface area contributed by atoms with Gasteiger partial charge in [0.05, 0.1) is 32.0 Å². The lowest BCUT2D eigenvalue weighted by Crippen LogP contribution is -2.35. The third kappa shape index (κ3) is 5.25. The van der Waals surface area contributed by atoms with Crippen molar-refractivity contribution in [1.82, 2.24) is 43.4 Å². The molecule has 5 aromatic rings. The van der Waals surface area contributed by atoms with Gasteiger partial charge in [-0.2, -0.15) is 0 Å². The lowest BCUT2D eigenvalue weighted by Gasteiger charge is -2.28. The van der Waals surface area contributed by atoms with Gasteiger partial charge in [-0.15, -0.1) is 0 Å². The molecule has 0 spiro atoms. The fourth-order valence-electron chi connectivity index (χ4n) is 5.64. The van der Waals surface area contributed by atoms with Crippen molar-refractivity contribution in [2.24, 2.45) is 0 Å². The van der Waals surface area contributed by atoms with Crippen LogP contribution in [0.15, 0.2) is 37.7 Å². The van der Waals surface area contributed by atoms with Gasteiger partial charge in [0.2, 0.25) is 0 Å². The number of fused-ring (bicyclic) bond motifs is 6. The largest absolute Gasteiger partial charge is 0.386 e. The third-order valence-electron chi connectivity index (χ3n) is 7.70. The van der Waals surface area contributed by atoms with Crippen LogP contribution in [0.5, 0.6) is 0 Å². The maximum Gasteiger partial charge on any atom is 0.386 e. The highest BCUT2D eigenvalue weighted by molar-refractivity contribution is 8.44. The number of nitrogen functional groups attached to an aromatic ring is 1. The maximum absolute atomic E-state index is 16.0. The molecule has 0 bridgehead atoms. The van der Waals surface area contributed by atoms with Gasteiger partial charge >= 0.3 is 13.5 Å². The fraction of sp³-hybridized carbons (Fsp3) is 0.455. The van der Waals surface area contributed by atoms with Crippen LogP contribution in [-0.4, -0.2) is 92.1 Å². The second-order valence-corrected chi connectivity index (χ2v) is 16.1. The summed E-state index contributed by atoms with van der Waals surface area (Å²) in [5.41, 5.74) is 7.94. The normalized spacial score (nSPS) is 36.2. The van der Waals surface area contributed by atoms with Gasteiger partial charge in [-0.25, -0.2) is 38.9 Å². The van der Waals surface area contributed by atoms with E-state index >= 15 is 4.39 Å². The summed E-state index contributed by atoms with van der Waals surface area (Å²) in [5, 5.41) is 0. The van der Waals surface area contributed by atoms with E-state index in [9.17, 15) is 9.46 Å². The molecule has 3 aliphatic heterocycles. The average molecular weight is 701 g/mol. The molecular weight excluding hydrogens is 677 g/mol. The summed E-state index contributed by atoms with van der Waals surface area (Å²) >= 11 is 9.40. The van der Waals surface area contributed by atoms with Crippen LogP contribution in [0.3, 0.4) is 0 Å². The molecule has 9 atom stereocenters. The Morgan fingerprint density at radius 1 is 0.933 bits per heavy atom. The topological polar surface area (TPSA) is 210 Å². The van der Waals surface area contributed by atoms with Gasteiger partial charge in [0.1, 0.15) is 42.7 Å². The molecule has 238 valence electrons. The smallest absolute Gasteiger partial charge is 0.382 e. The zero-order valence-corrected chi connectivity index (χ0v) is 26.2. The summed E-state index contributed by atoms with van der Waals surface area (Å²) in [6, 6.07) is 0. The maximum atomic E-state index is 16.0. The summed E-state index contributed by atoms with van der Waals surface area (Å²) in [7, 11) is 0. The Labute approximate surface area is 261 Å². The number of nitrogens with zero attached hydrogens (tertiary/aromatic N) is 9. The van der Waals surface area contributed by atoms with Crippen molar-refractivity contribution < 1.29 is 41.4 Å². The molecule has 3 N–H and O–H groups in total. The number of hydrogen-bond donors (Lipinski definition) is 3. The van der Waals surface area contributed by atoms with Crippen LogP contribution in [0.1, 0.15) is 18.9 Å². The second kappa shape index (κ2) is 11.0. The Kier molecular flexibility index (Phi) is 7.23. The quantitative estimate of drug-likeness (QED) is 0.178. The number of aromatic nitrogens is 9. The third-order valence-corrected chi connectivity index (χ3v) is 10.9. The van der Waals surface area contributed by atoms with Gasteiger partial charge in [0.25, 0.3) is 0 Å². The molecule has 3 aliphatic rings. The van der Waals surface area contributed by atoms with E-state index in [-0.39, 0.29) is 30.0 Å². The molecular formula is C22H23FN10O8P2S2. The monoisotopic (exact) mass is 700 g/mol. The standard InChI is InChI=1S/C22H23FN10O8P2S2/c23-14-17-12(39-22(14)33-9-28-15-18(24)26-6-27-20(15)33)5-37-42(34,44)40-10-3-13(38-11(10)4-36-43(35,45)41-17)32-8-29-16-19-25-1-2-31(19)7-30-21(16)32/h1-2,6-14,17,22H,3-5H2,(H,34,44)(H,35,45)(H2,24,26,27)/t10-,11+,12+,13+,14+,17+,22+,42?,43?/m0/s1. The van der Waals surface area contributed by atoms with Crippen LogP contribution < -0.4 is 5.73 Å². The van der Waals surface area contributed by atoms with Crippen molar-refractivity contribution in [2.45, 2.75) is 49.5 Å². The van der Waals surface area contributed by atoms with E-state index in [4.69, 9.17) is 45.1 Å². The van der Waals surface area contributed by atoms with Crippen LogP contribution in [-0.2, 0) is 43.9 Å². The number of ether oxygens (including phenoxy) is 2. The summed E-state index contributed by atoms with van der Waals surface area (Å²) in [6.45, 7) is -9.06. The molecule has 3 fully saturated rings. The summed E-state index contributed by atoms with van der Waals surface area (Å²) in [6.07, 6.45) is 0.614. The van der Waals surface area contributed by atoms with Crippen molar-refractivity contribution in [2.75, 3.05) is 18.9 Å². The number of rotatable bonds is 2. The number of imidazole rings is 3. The Hall–Kier alpha value is -2.68. The van der Waals surface area contributed by atoms with Crippen LogP contribution in [0.4, 0.5) is 10.2 Å². The zero-order valence-electron chi connectivity index (χ0n) is 22.7. The lowest BCUT2D eigenvalue weighted by atomic mass is 10.1. The van der Waals surface area contributed by atoms with E-state index in [1.54, 1.807) is 34.0 Å². The number of hydrogen-bond acceptors (Lipinski definition) is 15. The summed E-state index contributed by atoms with van der Waals surface area (Å²) in [4.78, 5) is 36.4. The molecule has 45 heavy (non-hydrogen) atoms. The van der Waals surface area contributed by atoms with Gasteiger partial charge in [-0.05, 0) is 11.8 Å². The molecule has 18 nitrogen and oxygen atoms in total. The van der Waals surface area contributed by atoms with E-state index < -0.39 is 63.2 Å². The highest BCUT2D eigenvalue weighted by Crippen LogP contribution is 2.58. The average Bonchev–Trinajstić information content (AvgIpc) is 3.81. The predicted molar refractivity (Wildman–Crippen MR) is 158 cm³/mol. The molecule has 5 aromatic heterocycles. The SMILES string of the molecule is Nc1ncnc2c1ncn2[C@@H]1O[C@@H]2COP(O)(=S)O[C@H]3C[C@H](n4cnc5c4ncn4ccnc54)O[C@@H]3COP(=O)(S)O[C@H]2[C@H]1F. The number of anilines is 1. The van der Waals surface area contributed by atoms with E-state index in [1.807, 2.05) is 0 Å². The Morgan fingerprint density at radius 2 is 1.71 bits per heavy atom. The van der Waals surface area contributed by atoms with Gasteiger partial charge in [0.15, 0.2) is 40.7 Å². The molecule has 2 unspecified atom stereocenters. The van der Waals surface area contributed by atoms with Crippen molar-refractivity contribution in [3.63, 3.8) is 0 Å². The number of thiol groups is 1. The first-order valence-corrected chi connectivity index (χ1v) is 18.7. The number of nitrogens with two attached hydrogens (primary N) is 1. The first kappa shape index (κ1) is 29.7. The minimum atomic E-state index is -4.23. The molecule has 0 amide bonds.